The summed E-state index contributed by atoms with van der Waals surface area (Å²) < 4.78 is 5.16. The van der Waals surface area contributed by atoms with Gasteiger partial charge >= 0.3 is 0 Å². The number of nitrogens with one attached hydrogen (secondary N) is 1. The van der Waals surface area contributed by atoms with E-state index in [4.69, 9.17) is 4.74 Å². The summed E-state index contributed by atoms with van der Waals surface area (Å²) in [6.07, 6.45) is 0. The fourth-order valence-corrected chi connectivity index (χ4v) is 1.52. The van der Waals surface area contributed by atoms with Crippen LogP contribution >= 0.6 is 0 Å². The second-order valence-electron chi connectivity index (χ2n) is 4.95. The highest BCUT2D eigenvalue weighted by Crippen LogP contribution is 2.10. The molecular formula is C13H22N4O2. The lowest BCUT2D eigenvalue weighted by atomic mass is 10.1. The first kappa shape index (κ1) is 15.4. The molecule has 1 unspecified atom stereocenters. The molecular weight excluding hydrogens is 244 g/mol. The fourth-order valence-electron chi connectivity index (χ4n) is 1.52. The number of aromatic nitrogens is 2. The smallest absolute Gasteiger partial charge is 0.273 e. The Kier molecular flexibility index (Phi) is 5.69. The van der Waals surface area contributed by atoms with Crippen LogP contribution in [0.1, 0.15) is 24.3 Å². The third-order valence-electron chi connectivity index (χ3n) is 2.77. The standard InChI is InChI=1S/C13H22N4O2/c1-9(2)11(8-19-5)14-12-7-6-10(15-16-12)13(18)17(3)4/h6-7,9,11H,8H2,1-5H3,(H,14,16). The molecule has 1 N–H and O–H groups in total. The summed E-state index contributed by atoms with van der Waals surface area (Å²) in [6, 6.07) is 3.59. The SMILES string of the molecule is COCC(Nc1ccc(C(=O)N(C)C)nn1)C(C)C. The lowest BCUT2D eigenvalue weighted by Gasteiger charge is -2.21. The zero-order valence-corrected chi connectivity index (χ0v) is 12.2. The maximum absolute atomic E-state index is 11.7. The van der Waals surface area contributed by atoms with Gasteiger partial charge in [-0.05, 0) is 18.1 Å². The van der Waals surface area contributed by atoms with Crippen LogP contribution in [-0.2, 0) is 4.74 Å². The molecule has 6 heteroatoms. The van der Waals surface area contributed by atoms with Crippen molar-refractivity contribution < 1.29 is 9.53 Å². The van der Waals surface area contributed by atoms with E-state index in [-0.39, 0.29) is 11.9 Å². The van der Waals surface area contributed by atoms with E-state index in [1.807, 2.05) is 0 Å². The van der Waals surface area contributed by atoms with E-state index in [0.29, 0.717) is 24.0 Å². The summed E-state index contributed by atoms with van der Waals surface area (Å²) in [5, 5.41) is 11.2. The molecule has 0 bridgehead atoms. The maximum atomic E-state index is 11.7. The Balaban J connectivity index is 2.73. The van der Waals surface area contributed by atoms with Crippen LogP contribution in [0.4, 0.5) is 5.82 Å². The minimum Gasteiger partial charge on any atom is -0.383 e. The average molecular weight is 266 g/mol. The van der Waals surface area contributed by atoms with Crippen molar-refractivity contribution in [3.63, 3.8) is 0 Å². The fraction of sp³-hybridized carbons (Fsp3) is 0.615. The minimum atomic E-state index is -0.156. The van der Waals surface area contributed by atoms with Crippen molar-refractivity contribution in [1.82, 2.24) is 15.1 Å². The topological polar surface area (TPSA) is 67.3 Å². The molecule has 0 spiro atoms. The van der Waals surface area contributed by atoms with Crippen molar-refractivity contribution >= 4 is 11.7 Å². The number of carbonyl (C=O) groups excluding carboxylic acids is 1. The van der Waals surface area contributed by atoms with Crippen molar-refractivity contribution in [2.75, 3.05) is 33.1 Å². The van der Waals surface area contributed by atoms with E-state index in [0.717, 1.165) is 0 Å². The quantitative estimate of drug-likeness (QED) is 0.839. The second-order valence-corrected chi connectivity index (χ2v) is 4.95. The number of hydrogen-bond donors (Lipinski definition) is 1. The van der Waals surface area contributed by atoms with Crippen LogP contribution in [0.3, 0.4) is 0 Å². The number of nitrogens with zero attached hydrogens (tertiary/aromatic N) is 3. The van der Waals surface area contributed by atoms with E-state index >= 15 is 0 Å². The molecule has 1 aromatic heterocycles. The molecule has 0 saturated carbocycles. The Morgan fingerprint density at radius 1 is 1.37 bits per heavy atom. The molecule has 1 atom stereocenters. The van der Waals surface area contributed by atoms with Crippen LogP contribution in [0.5, 0.6) is 0 Å². The Morgan fingerprint density at radius 2 is 2.05 bits per heavy atom. The van der Waals surface area contributed by atoms with Gasteiger partial charge in [-0.15, -0.1) is 10.2 Å². The van der Waals surface area contributed by atoms with Gasteiger partial charge in [0.2, 0.25) is 0 Å². The van der Waals surface area contributed by atoms with Crippen molar-refractivity contribution in [3.05, 3.63) is 17.8 Å². The van der Waals surface area contributed by atoms with Crippen LogP contribution in [0.25, 0.3) is 0 Å². The highest BCUT2D eigenvalue weighted by molar-refractivity contribution is 5.91. The van der Waals surface area contributed by atoms with Gasteiger partial charge in [0.25, 0.3) is 5.91 Å². The second kappa shape index (κ2) is 7.04. The summed E-state index contributed by atoms with van der Waals surface area (Å²) in [5.74, 6) is 0.896. The molecule has 1 heterocycles. The van der Waals surface area contributed by atoms with Crippen molar-refractivity contribution in [1.29, 1.82) is 0 Å². The summed E-state index contributed by atoms with van der Waals surface area (Å²) in [5.41, 5.74) is 0.336. The Labute approximate surface area is 114 Å². The molecule has 0 saturated heterocycles. The normalized spacial score (nSPS) is 12.3. The Morgan fingerprint density at radius 3 is 2.47 bits per heavy atom. The highest BCUT2D eigenvalue weighted by Gasteiger charge is 2.15. The third kappa shape index (κ3) is 4.48. The largest absolute Gasteiger partial charge is 0.383 e. The van der Waals surface area contributed by atoms with Gasteiger partial charge in [-0.3, -0.25) is 4.79 Å². The number of hydrogen-bond acceptors (Lipinski definition) is 5. The third-order valence-corrected chi connectivity index (χ3v) is 2.77. The lowest BCUT2D eigenvalue weighted by molar-refractivity contribution is 0.0821. The van der Waals surface area contributed by atoms with Gasteiger partial charge < -0.3 is 15.0 Å². The first-order valence-electron chi connectivity index (χ1n) is 6.26. The summed E-state index contributed by atoms with van der Waals surface area (Å²) in [7, 11) is 5.04. The summed E-state index contributed by atoms with van der Waals surface area (Å²) >= 11 is 0. The molecule has 19 heavy (non-hydrogen) atoms. The van der Waals surface area contributed by atoms with Gasteiger partial charge in [-0.1, -0.05) is 13.8 Å². The first-order chi connectivity index (χ1) is 8.95. The van der Waals surface area contributed by atoms with Gasteiger partial charge in [-0.2, -0.15) is 0 Å². The maximum Gasteiger partial charge on any atom is 0.273 e. The predicted molar refractivity (Wildman–Crippen MR) is 74.2 cm³/mol. The molecule has 0 aliphatic rings. The van der Waals surface area contributed by atoms with Crippen LogP contribution < -0.4 is 5.32 Å². The zero-order valence-electron chi connectivity index (χ0n) is 12.2. The summed E-state index contributed by atoms with van der Waals surface area (Å²) in [4.78, 5) is 13.1. The van der Waals surface area contributed by atoms with E-state index in [1.54, 1.807) is 33.3 Å². The monoisotopic (exact) mass is 266 g/mol. The minimum absolute atomic E-state index is 0.156. The molecule has 0 fully saturated rings. The van der Waals surface area contributed by atoms with Crippen molar-refractivity contribution in [2.24, 2.45) is 5.92 Å². The number of ether oxygens (including phenoxy) is 1. The van der Waals surface area contributed by atoms with E-state index < -0.39 is 0 Å². The predicted octanol–water partition coefficient (Wildman–Crippen LogP) is 1.26. The Bertz CT molecular complexity index is 404. The van der Waals surface area contributed by atoms with Crippen LogP contribution in [0, 0.1) is 5.92 Å². The molecule has 1 aromatic rings. The molecule has 6 nitrogen and oxygen atoms in total. The number of methoxy groups -OCH3 is 1. The molecule has 0 aliphatic heterocycles. The Hall–Kier alpha value is -1.69. The highest BCUT2D eigenvalue weighted by atomic mass is 16.5. The lowest BCUT2D eigenvalue weighted by Crippen LogP contribution is -2.31. The number of anilines is 1. The molecule has 0 aromatic carbocycles. The van der Waals surface area contributed by atoms with Gasteiger partial charge in [0.15, 0.2) is 5.69 Å². The van der Waals surface area contributed by atoms with E-state index in [9.17, 15) is 4.79 Å². The zero-order chi connectivity index (χ0) is 14.4. The van der Waals surface area contributed by atoms with E-state index in [1.165, 1.54) is 4.90 Å². The van der Waals surface area contributed by atoms with Crippen LogP contribution in [0.15, 0.2) is 12.1 Å². The van der Waals surface area contributed by atoms with Crippen LogP contribution in [0.2, 0.25) is 0 Å². The number of carbonyl (C=O) groups is 1. The first-order valence-corrected chi connectivity index (χ1v) is 6.26. The molecule has 1 amide bonds. The van der Waals surface area contributed by atoms with E-state index in [2.05, 4.69) is 29.4 Å². The van der Waals surface area contributed by atoms with Gasteiger partial charge in [0, 0.05) is 21.2 Å². The molecule has 0 radical (unpaired) electrons. The summed E-state index contributed by atoms with van der Waals surface area (Å²) in [6.45, 7) is 4.81. The van der Waals surface area contributed by atoms with Gasteiger partial charge in [-0.25, -0.2) is 0 Å². The van der Waals surface area contributed by atoms with Crippen molar-refractivity contribution in [2.45, 2.75) is 19.9 Å². The van der Waals surface area contributed by atoms with Crippen LogP contribution in [-0.4, -0.2) is 54.9 Å². The molecule has 106 valence electrons. The average Bonchev–Trinajstić information content (AvgIpc) is 2.38. The molecule has 1 rings (SSSR count). The number of amides is 1. The van der Waals surface area contributed by atoms with Gasteiger partial charge in [0.05, 0.1) is 12.6 Å². The molecule has 0 aliphatic carbocycles. The number of rotatable bonds is 6. The van der Waals surface area contributed by atoms with Gasteiger partial charge in [0.1, 0.15) is 5.82 Å². The van der Waals surface area contributed by atoms with Crippen molar-refractivity contribution in [3.8, 4) is 0 Å².